The minimum Gasteiger partial charge on any atom is -0.339 e. The van der Waals surface area contributed by atoms with Crippen molar-refractivity contribution in [3.05, 3.63) is 35.1 Å². The molecule has 0 aliphatic heterocycles. The molecule has 1 saturated carbocycles. The number of nitrogens with zero attached hydrogens (tertiary/aromatic N) is 1. The van der Waals surface area contributed by atoms with Crippen molar-refractivity contribution in [3.63, 3.8) is 0 Å². The Hall–Kier alpha value is -1.38. The van der Waals surface area contributed by atoms with Gasteiger partial charge in [0.15, 0.2) is 0 Å². The fourth-order valence-electron chi connectivity index (χ4n) is 2.92. The van der Waals surface area contributed by atoms with Gasteiger partial charge in [-0.15, -0.1) is 0 Å². The normalized spacial score (nSPS) is 18.9. The van der Waals surface area contributed by atoms with Gasteiger partial charge in [0.2, 0.25) is 0 Å². The lowest BCUT2D eigenvalue weighted by Crippen LogP contribution is -2.41. The van der Waals surface area contributed by atoms with E-state index in [0.717, 1.165) is 31.2 Å². The van der Waals surface area contributed by atoms with E-state index in [9.17, 15) is 9.18 Å². The Kier molecular flexibility index (Phi) is 4.17. The molecule has 1 aliphatic rings. The van der Waals surface area contributed by atoms with Gasteiger partial charge in [0, 0.05) is 13.1 Å². The first-order chi connectivity index (χ1) is 9.30. The van der Waals surface area contributed by atoms with Gasteiger partial charge in [-0.2, -0.15) is 0 Å². The Labute approximate surface area is 121 Å². The molecule has 110 valence electrons. The van der Waals surface area contributed by atoms with E-state index in [2.05, 4.69) is 13.8 Å². The van der Waals surface area contributed by atoms with Crippen molar-refractivity contribution in [1.29, 1.82) is 0 Å². The summed E-state index contributed by atoms with van der Waals surface area (Å²) >= 11 is 0. The van der Waals surface area contributed by atoms with Gasteiger partial charge in [0.1, 0.15) is 5.82 Å². The molecule has 0 unspecified atom stereocenters. The van der Waals surface area contributed by atoms with Gasteiger partial charge in [-0.25, -0.2) is 4.39 Å². The zero-order valence-corrected chi connectivity index (χ0v) is 12.9. The highest BCUT2D eigenvalue weighted by Crippen LogP contribution is 2.36. The maximum absolute atomic E-state index is 13.9. The molecule has 1 aliphatic carbocycles. The summed E-state index contributed by atoms with van der Waals surface area (Å²) in [6, 6.07) is 5.03. The van der Waals surface area contributed by atoms with Crippen molar-refractivity contribution in [2.75, 3.05) is 7.05 Å². The lowest BCUT2D eigenvalue weighted by Gasteiger charge is -2.38. The number of carbonyl (C=O) groups is 1. The van der Waals surface area contributed by atoms with E-state index in [1.54, 1.807) is 24.1 Å². The van der Waals surface area contributed by atoms with Crippen molar-refractivity contribution in [2.45, 2.75) is 52.5 Å². The second kappa shape index (κ2) is 5.55. The van der Waals surface area contributed by atoms with E-state index < -0.39 is 5.82 Å². The smallest absolute Gasteiger partial charge is 0.256 e. The van der Waals surface area contributed by atoms with Gasteiger partial charge in [0.25, 0.3) is 5.91 Å². The first kappa shape index (κ1) is 15.0. The van der Waals surface area contributed by atoms with Gasteiger partial charge < -0.3 is 4.90 Å². The Morgan fingerprint density at radius 3 is 2.45 bits per heavy atom. The van der Waals surface area contributed by atoms with Crippen LogP contribution in [0.2, 0.25) is 0 Å². The van der Waals surface area contributed by atoms with Gasteiger partial charge in [-0.05, 0) is 55.7 Å². The number of aryl methyl sites for hydroxylation is 1. The fraction of sp³-hybridized carbons (Fsp3) is 0.588. The maximum atomic E-state index is 13.9. The molecule has 0 saturated heterocycles. The highest BCUT2D eigenvalue weighted by atomic mass is 19.1. The minimum atomic E-state index is -0.419. The summed E-state index contributed by atoms with van der Waals surface area (Å²) in [4.78, 5) is 14.1. The van der Waals surface area contributed by atoms with Crippen molar-refractivity contribution >= 4 is 5.91 Å². The lowest BCUT2D eigenvalue weighted by molar-refractivity contribution is 0.0631. The third kappa shape index (κ3) is 3.20. The van der Waals surface area contributed by atoms with Crippen LogP contribution in [-0.4, -0.2) is 23.9 Å². The summed E-state index contributed by atoms with van der Waals surface area (Å²) in [6.07, 6.45) is 4.24. The topological polar surface area (TPSA) is 20.3 Å². The van der Waals surface area contributed by atoms with Gasteiger partial charge in [0.05, 0.1) is 5.56 Å². The average molecular weight is 277 g/mol. The predicted molar refractivity (Wildman–Crippen MR) is 79.3 cm³/mol. The molecular weight excluding hydrogens is 253 g/mol. The van der Waals surface area contributed by atoms with E-state index >= 15 is 0 Å². The maximum Gasteiger partial charge on any atom is 0.256 e. The van der Waals surface area contributed by atoms with Crippen LogP contribution in [0.15, 0.2) is 18.2 Å². The van der Waals surface area contributed by atoms with E-state index in [-0.39, 0.29) is 17.5 Å². The highest BCUT2D eigenvalue weighted by molar-refractivity contribution is 5.94. The van der Waals surface area contributed by atoms with Crippen LogP contribution in [0.3, 0.4) is 0 Å². The number of benzene rings is 1. The summed E-state index contributed by atoms with van der Waals surface area (Å²) in [5.41, 5.74) is 1.39. The Morgan fingerprint density at radius 1 is 1.30 bits per heavy atom. The van der Waals surface area contributed by atoms with E-state index in [1.165, 1.54) is 6.07 Å². The van der Waals surface area contributed by atoms with Crippen LogP contribution in [0.5, 0.6) is 0 Å². The molecule has 0 bridgehead atoms. The molecule has 1 fully saturated rings. The number of carbonyl (C=O) groups excluding carboxylic acids is 1. The SMILES string of the molecule is Cc1ccc(C(=O)N(C)C2CCC(C)(C)CC2)c(F)c1. The van der Waals surface area contributed by atoms with Crippen molar-refractivity contribution in [1.82, 2.24) is 4.90 Å². The van der Waals surface area contributed by atoms with Crippen LogP contribution < -0.4 is 0 Å². The van der Waals surface area contributed by atoms with Crippen LogP contribution in [0.25, 0.3) is 0 Å². The fourth-order valence-corrected chi connectivity index (χ4v) is 2.92. The van der Waals surface area contributed by atoms with Gasteiger partial charge in [-0.3, -0.25) is 4.79 Å². The summed E-state index contributed by atoms with van der Waals surface area (Å²) < 4.78 is 13.9. The second-order valence-electron chi connectivity index (χ2n) is 6.79. The van der Waals surface area contributed by atoms with E-state index in [0.29, 0.717) is 5.41 Å². The molecular formula is C17H24FNO. The quantitative estimate of drug-likeness (QED) is 0.794. The molecule has 3 heteroatoms. The van der Waals surface area contributed by atoms with Crippen molar-refractivity contribution in [3.8, 4) is 0 Å². The molecule has 0 spiro atoms. The summed E-state index contributed by atoms with van der Waals surface area (Å²) in [6.45, 7) is 6.36. The van der Waals surface area contributed by atoms with Crippen LogP contribution in [0.1, 0.15) is 55.5 Å². The molecule has 1 aromatic carbocycles. The number of amides is 1. The first-order valence-corrected chi connectivity index (χ1v) is 7.33. The molecule has 0 atom stereocenters. The average Bonchev–Trinajstić information content (AvgIpc) is 2.37. The number of rotatable bonds is 2. The largest absolute Gasteiger partial charge is 0.339 e. The second-order valence-corrected chi connectivity index (χ2v) is 6.79. The van der Waals surface area contributed by atoms with Crippen LogP contribution in [-0.2, 0) is 0 Å². The predicted octanol–water partition coefficient (Wildman–Crippen LogP) is 4.17. The molecule has 0 heterocycles. The number of halogens is 1. The van der Waals surface area contributed by atoms with Gasteiger partial charge >= 0.3 is 0 Å². The molecule has 1 amide bonds. The van der Waals surface area contributed by atoms with E-state index in [4.69, 9.17) is 0 Å². The minimum absolute atomic E-state index is 0.183. The summed E-state index contributed by atoms with van der Waals surface area (Å²) in [5.74, 6) is -0.620. The van der Waals surface area contributed by atoms with Crippen LogP contribution in [0.4, 0.5) is 4.39 Å². The number of hydrogen-bond donors (Lipinski definition) is 0. The first-order valence-electron chi connectivity index (χ1n) is 7.33. The van der Waals surface area contributed by atoms with E-state index in [1.807, 2.05) is 6.92 Å². The third-order valence-corrected chi connectivity index (χ3v) is 4.53. The zero-order chi connectivity index (χ0) is 14.9. The molecule has 0 N–H and O–H groups in total. The summed E-state index contributed by atoms with van der Waals surface area (Å²) in [5, 5.41) is 0. The van der Waals surface area contributed by atoms with Gasteiger partial charge in [-0.1, -0.05) is 19.9 Å². The molecule has 0 aromatic heterocycles. The monoisotopic (exact) mass is 277 g/mol. The zero-order valence-electron chi connectivity index (χ0n) is 12.9. The molecule has 0 radical (unpaired) electrons. The van der Waals surface area contributed by atoms with Crippen molar-refractivity contribution < 1.29 is 9.18 Å². The summed E-state index contributed by atoms with van der Waals surface area (Å²) in [7, 11) is 1.80. The van der Waals surface area contributed by atoms with Crippen LogP contribution in [0, 0.1) is 18.2 Å². The Balaban J connectivity index is 2.09. The van der Waals surface area contributed by atoms with Crippen LogP contribution >= 0.6 is 0 Å². The number of hydrogen-bond acceptors (Lipinski definition) is 1. The Bertz CT molecular complexity index is 500. The molecule has 20 heavy (non-hydrogen) atoms. The third-order valence-electron chi connectivity index (χ3n) is 4.53. The van der Waals surface area contributed by atoms with Crippen molar-refractivity contribution in [2.24, 2.45) is 5.41 Å². The lowest BCUT2D eigenvalue weighted by atomic mass is 9.75. The highest BCUT2D eigenvalue weighted by Gasteiger charge is 2.31. The Morgan fingerprint density at radius 2 is 1.90 bits per heavy atom. The molecule has 1 aromatic rings. The molecule has 2 nitrogen and oxygen atoms in total. The standard InChI is InChI=1S/C17H24FNO/c1-12-5-6-14(15(18)11-12)16(20)19(4)13-7-9-17(2,3)10-8-13/h5-6,11,13H,7-10H2,1-4H3. The molecule has 2 rings (SSSR count).